The Kier molecular flexibility index (Phi) is 4.42. The molecule has 7 heteroatoms. The number of carbonyl (C=O) groups excluding carboxylic acids is 1. The van der Waals surface area contributed by atoms with Gasteiger partial charge in [-0.15, -0.1) is 0 Å². The van der Waals surface area contributed by atoms with Gasteiger partial charge in [-0.05, 0) is 37.1 Å². The quantitative estimate of drug-likeness (QED) is 0.715. The van der Waals surface area contributed by atoms with E-state index < -0.39 is 16.1 Å². The molecule has 1 aliphatic heterocycles. The molecule has 0 saturated heterocycles. The van der Waals surface area contributed by atoms with Gasteiger partial charge in [-0.1, -0.05) is 12.1 Å². The molecule has 1 heterocycles. The molecule has 0 saturated carbocycles. The first-order valence-electron chi connectivity index (χ1n) is 6.51. The number of rotatable bonds is 4. The third-order valence-electron chi connectivity index (χ3n) is 3.36. The Morgan fingerprint density at radius 1 is 1.40 bits per heavy atom. The van der Waals surface area contributed by atoms with Crippen LogP contribution in [0.5, 0.6) is 0 Å². The monoisotopic (exact) mass is 297 g/mol. The molecule has 6 nitrogen and oxygen atoms in total. The van der Waals surface area contributed by atoms with Crippen LogP contribution in [-0.2, 0) is 27.8 Å². The van der Waals surface area contributed by atoms with Gasteiger partial charge >= 0.3 is 0 Å². The van der Waals surface area contributed by atoms with E-state index in [1.54, 1.807) is 12.1 Å². The lowest BCUT2D eigenvalue weighted by molar-refractivity contribution is -0.121. The molecule has 1 atom stereocenters. The highest BCUT2D eigenvalue weighted by atomic mass is 32.2. The second-order valence-electron chi connectivity index (χ2n) is 4.78. The number of hydrogen-bond donors (Lipinski definition) is 3. The van der Waals surface area contributed by atoms with Crippen molar-refractivity contribution in [1.82, 2.24) is 15.4 Å². The Balaban J connectivity index is 2.33. The summed E-state index contributed by atoms with van der Waals surface area (Å²) in [7, 11) is -2.22. The van der Waals surface area contributed by atoms with Gasteiger partial charge in [0.2, 0.25) is 15.9 Å². The van der Waals surface area contributed by atoms with Gasteiger partial charge in [0.25, 0.3) is 0 Å². The minimum Gasteiger partial charge on any atom is -0.358 e. The fourth-order valence-corrected chi connectivity index (χ4v) is 3.83. The normalized spacial score (nSPS) is 16.3. The SMILES string of the molecule is CNC(=O)C(C)NS(=O)(=O)c1cccc2c1CCNC2. The molecule has 1 unspecified atom stereocenters. The average molecular weight is 297 g/mol. The lowest BCUT2D eigenvalue weighted by atomic mass is 10.0. The summed E-state index contributed by atoms with van der Waals surface area (Å²) in [5, 5.41) is 5.63. The van der Waals surface area contributed by atoms with E-state index >= 15 is 0 Å². The van der Waals surface area contributed by atoms with Crippen molar-refractivity contribution in [2.75, 3.05) is 13.6 Å². The van der Waals surface area contributed by atoms with Crippen molar-refractivity contribution in [2.24, 2.45) is 0 Å². The highest BCUT2D eigenvalue weighted by Crippen LogP contribution is 2.22. The van der Waals surface area contributed by atoms with Crippen molar-refractivity contribution in [3.05, 3.63) is 29.3 Å². The third-order valence-corrected chi connectivity index (χ3v) is 4.98. The van der Waals surface area contributed by atoms with Crippen molar-refractivity contribution < 1.29 is 13.2 Å². The average Bonchev–Trinajstić information content (AvgIpc) is 2.45. The predicted molar refractivity (Wildman–Crippen MR) is 75.7 cm³/mol. The standard InChI is InChI=1S/C13H19N3O3S/c1-9(13(17)14-2)16-20(18,19)12-5-3-4-10-8-15-7-6-11(10)12/h3-5,9,15-16H,6-8H2,1-2H3,(H,14,17). The Labute approximate surface area is 119 Å². The van der Waals surface area contributed by atoms with Crippen molar-refractivity contribution in [3.8, 4) is 0 Å². The molecule has 110 valence electrons. The lowest BCUT2D eigenvalue weighted by Gasteiger charge is -2.21. The predicted octanol–water partition coefficient (Wildman–Crippen LogP) is -0.255. The third kappa shape index (κ3) is 3.00. The fourth-order valence-electron chi connectivity index (χ4n) is 2.31. The molecule has 1 aromatic rings. The van der Waals surface area contributed by atoms with E-state index in [0.29, 0.717) is 13.0 Å². The van der Waals surface area contributed by atoms with Gasteiger partial charge in [0.05, 0.1) is 10.9 Å². The number of carbonyl (C=O) groups is 1. The molecule has 0 aromatic heterocycles. The minimum absolute atomic E-state index is 0.271. The largest absolute Gasteiger partial charge is 0.358 e. The second-order valence-corrected chi connectivity index (χ2v) is 6.46. The first-order valence-corrected chi connectivity index (χ1v) is 7.99. The number of sulfonamides is 1. The maximum Gasteiger partial charge on any atom is 0.241 e. The summed E-state index contributed by atoms with van der Waals surface area (Å²) in [5.41, 5.74) is 1.83. The highest BCUT2D eigenvalue weighted by molar-refractivity contribution is 7.89. The summed E-state index contributed by atoms with van der Waals surface area (Å²) in [4.78, 5) is 11.7. The van der Waals surface area contributed by atoms with Gasteiger partial charge < -0.3 is 10.6 Å². The van der Waals surface area contributed by atoms with E-state index in [1.807, 2.05) is 6.07 Å². The zero-order valence-electron chi connectivity index (χ0n) is 11.6. The molecular weight excluding hydrogens is 278 g/mol. The Hall–Kier alpha value is -1.44. The van der Waals surface area contributed by atoms with E-state index in [2.05, 4.69) is 15.4 Å². The number of benzene rings is 1. The molecule has 0 bridgehead atoms. The molecule has 1 aromatic carbocycles. The van der Waals surface area contributed by atoms with Gasteiger partial charge in [0, 0.05) is 13.6 Å². The molecule has 1 amide bonds. The summed E-state index contributed by atoms with van der Waals surface area (Å²) >= 11 is 0. The number of likely N-dealkylation sites (N-methyl/N-ethyl adjacent to an activating group) is 1. The second kappa shape index (κ2) is 5.90. The van der Waals surface area contributed by atoms with Crippen LogP contribution < -0.4 is 15.4 Å². The van der Waals surface area contributed by atoms with Crippen molar-refractivity contribution in [3.63, 3.8) is 0 Å². The van der Waals surface area contributed by atoms with Gasteiger partial charge in [-0.25, -0.2) is 8.42 Å². The van der Waals surface area contributed by atoms with Crippen LogP contribution in [0, 0.1) is 0 Å². The molecule has 20 heavy (non-hydrogen) atoms. The molecular formula is C13H19N3O3S. The van der Waals surface area contributed by atoms with Crippen molar-refractivity contribution in [2.45, 2.75) is 30.8 Å². The molecule has 0 radical (unpaired) electrons. The van der Waals surface area contributed by atoms with Crippen molar-refractivity contribution in [1.29, 1.82) is 0 Å². The summed E-state index contributed by atoms with van der Waals surface area (Å²) in [6.07, 6.45) is 0.667. The number of hydrogen-bond acceptors (Lipinski definition) is 4. The van der Waals surface area contributed by atoms with Crippen LogP contribution in [0.15, 0.2) is 23.1 Å². The maximum atomic E-state index is 12.4. The molecule has 3 N–H and O–H groups in total. The highest BCUT2D eigenvalue weighted by Gasteiger charge is 2.25. The van der Waals surface area contributed by atoms with Gasteiger partial charge in [0.15, 0.2) is 0 Å². The molecule has 0 fully saturated rings. The maximum absolute atomic E-state index is 12.4. The van der Waals surface area contributed by atoms with Crippen LogP contribution >= 0.6 is 0 Å². The van der Waals surface area contributed by atoms with Gasteiger partial charge in [0.1, 0.15) is 0 Å². The minimum atomic E-state index is -3.69. The smallest absolute Gasteiger partial charge is 0.241 e. The summed E-state index contributed by atoms with van der Waals surface area (Å²) < 4.78 is 27.3. The molecule has 1 aliphatic rings. The molecule has 0 aliphatic carbocycles. The Morgan fingerprint density at radius 2 is 2.15 bits per heavy atom. The first kappa shape index (κ1) is 15.0. The summed E-state index contributed by atoms with van der Waals surface area (Å²) in [5.74, 6) is -0.361. The lowest BCUT2D eigenvalue weighted by Crippen LogP contribution is -2.43. The van der Waals surface area contributed by atoms with Crippen molar-refractivity contribution >= 4 is 15.9 Å². The van der Waals surface area contributed by atoms with E-state index in [4.69, 9.17) is 0 Å². The Bertz CT molecular complexity index is 613. The van der Waals surface area contributed by atoms with Crippen LogP contribution in [-0.4, -0.2) is 34.0 Å². The summed E-state index contributed by atoms with van der Waals surface area (Å²) in [6.45, 7) is 2.95. The van der Waals surface area contributed by atoms with Gasteiger partial charge in [-0.2, -0.15) is 4.72 Å². The zero-order chi connectivity index (χ0) is 14.8. The zero-order valence-corrected chi connectivity index (χ0v) is 12.4. The molecule has 0 spiro atoms. The molecule has 2 rings (SSSR count). The van der Waals surface area contributed by atoms with E-state index in [1.165, 1.54) is 14.0 Å². The topological polar surface area (TPSA) is 87.3 Å². The number of fused-ring (bicyclic) bond motifs is 1. The first-order chi connectivity index (χ1) is 9.45. The van der Waals surface area contributed by atoms with E-state index in [-0.39, 0.29) is 10.8 Å². The Morgan fingerprint density at radius 3 is 2.85 bits per heavy atom. The fraction of sp³-hybridized carbons (Fsp3) is 0.462. The van der Waals surface area contributed by atoms with Crippen LogP contribution in [0.2, 0.25) is 0 Å². The van der Waals surface area contributed by atoms with Crippen LogP contribution in [0.4, 0.5) is 0 Å². The number of amides is 1. The van der Waals surface area contributed by atoms with Crippen LogP contribution in [0.25, 0.3) is 0 Å². The van der Waals surface area contributed by atoms with Crippen LogP contribution in [0.3, 0.4) is 0 Å². The number of nitrogens with one attached hydrogen (secondary N) is 3. The summed E-state index contributed by atoms with van der Waals surface area (Å²) in [6, 6.07) is 4.43. The van der Waals surface area contributed by atoms with Crippen LogP contribution in [0.1, 0.15) is 18.1 Å². The van der Waals surface area contributed by atoms with E-state index in [9.17, 15) is 13.2 Å². The van der Waals surface area contributed by atoms with Gasteiger partial charge in [-0.3, -0.25) is 4.79 Å². The van der Waals surface area contributed by atoms with E-state index in [0.717, 1.165) is 17.7 Å².